The van der Waals surface area contributed by atoms with Gasteiger partial charge in [0.05, 0.1) is 40.7 Å². The summed E-state index contributed by atoms with van der Waals surface area (Å²) in [7, 11) is 8.95. The molecule has 5 amide bonds. The Bertz CT molecular complexity index is 3170. The highest BCUT2D eigenvalue weighted by Crippen LogP contribution is 2.34. The number of hydrogen-bond donors (Lipinski definition) is 5. The lowest BCUT2D eigenvalue weighted by atomic mass is 9.89. The Hall–Kier alpha value is -6.53. The zero-order chi connectivity index (χ0) is 69.7. The maximum atomic E-state index is 12.8. The van der Waals surface area contributed by atoms with Crippen molar-refractivity contribution in [3.05, 3.63) is 89.2 Å². The van der Waals surface area contributed by atoms with Crippen molar-refractivity contribution in [2.75, 3.05) is 120 Å². The summed E-state index contributed by atoms with van der Waals surface area (Å²) < 4.78 is 38.2. The van der Waals surface area contributed by atoms with Gasteiger partial charge in [0.25, 0.3) is 0 Å². The first-order valence-electron chi connectivity index (χ1n) is 37.2. The molecule has 0 bridgehead atoms. The van der Waals surface area contributed by atoms with Crippen LogP contribution in [-0.2, 0) is 65.6 Å². The highest BCUT2D eigenvalue weighted by atomic mass is 32.2. The zero-order valence-electron chi connectivity index (χ0n) is 59.6. The van der Waals surface area contributed by atoms with Gasteiger partial charge in [-0.3, -0.25) is 24.0 Å². The van der Waals surface area contributed by atoms with E-state index in [-0.39, 0.29) is 59.9 Å². The minimum atomic E-state index is -0.432. The van der Waals surface area contributed by atoms with E-state index in [1.54, 1.807) is 28.2 Å². The fourth-order valence-electron chi connectivity index (χ4n) is 15.7. The van der Waals surface area contributed by atoms with Crippen molar-refractivity contribution >= 4 is 41.3 Å². The highest BCUT2D eigenvalue weighted by Gasteiger charge is 2.40. The summed E-state index contributed by atoms with van der Waals surface area (Å²) in [6.07, 6.45) is 35.2. The Morgan fingerprint density at radius 1 is 0.350 bits per heavy atom. The van der Waals surface area contributed by atoms with Gasteiger partial charge in [0.15, 0.2) is 60.8 Å². The Balaban J connectivity index is 0.000000126. The Kier molecular flexibility index (Phi) is 28.1. The molecule has 5 fully saturated rings. The zero-order valence-corrected chi connectivity index (χ0v) is 60.4. The number of aromatic nitrogens is 5. The van der Waals surface area contributed by atoms with Gasteiger partial charge in [-0.05, 0) is 117 Å². The van der Waals surface area contributed by atoms with Crippen molar-refractivity contribution < 1.29 is 55.5 Å². The fourth-order valence-corrected chi connectivity index (χ4v) is 17.0. The molecule has 27 nitrogen and oxygen atoms in total. The molecule has 8 atom stereocenters. The first-order valence-corrected chi connectivity index (χ1v) is 38.3. The summed E-state index contributed by atoms with van der Waals surface area (Å²) in [5, 5.41) is 15.9. The number of likely N-dealkylation sites (N-methyl/N-ethyl adjacent to an activating group) is 5. The molecule has 5 N–H and O–H groups in total. The quantitative estimate of drug-likeness (QED) is 0.0648. The smallest absolute Gasteiger partial charge is 0.247 e. The largest absolute Gasteiger partial charge is 0.446 e. The highest BCUT2D eigenvalue weighted by molar-refractivity contribution is 7.99. The number of thioether (sulfide) groups is 1. The van der Waals surface area contributed by atoms with E-state index >= 15 is 0 Å². The Morgan fingerprint density at radius 2 is 0.640 bits per heavy atom. The molecule has 100 heavy (non-hydrogen) atoms. The SMILES string of the molecule is CNC1C(=O)N(CC2CCCCC2)CCc2ncoc21.CNC1C(=O)N(CC2CCCCCC2)CCc2ncoc21.CNC1C(=O)N(CC2CCCCCS2)CCc2ncoc21.CNC1C(=O)N(CC2CCCCO2)CCc2ncoc21.CNC1C(=O)N(CC2CCO2)CCc2ncoc21. The van der Waals surface area contributed by atoms with Crippen LogP contribution in [0, 0.1) is 11.8 Å². The van der Waals surface area contributed by atoms with Gasteiger partial charge in [-0.2, -0.15) is 11.8 Å². The second-order valence-electron chi connectivity index (χ2n) is 28.1. The summed E-state index contributed by atoms with van der Waals surface area (Å²) in [6, 6.07) is -2.00. The van der Waals surface area contributed by atoms with Gasteiger partial charge in [-0.25, -0.2) is 24.9 Å². The molecule has 8 aliphatic heterocycles. The number of carbonyl (C=O) groups excluding carboxylic acids is 5. The molecule has 2 saturated carbocycles. The van der Waals surface area contributed by atoms with Crippen LogP contribution < -0.4 is 26.6 Å². The number of rotatable bonds is 15. The van der Waals surface area contributed by atoms with Crippen molar-refractivity contribution in [2.24, 2.45) is 11.8 Å². The average molecular weight is 1410 g/mol. The van der Waals surface area contributed by atoms with Gasteiger partial charge in [0.1, 0.15) is 30.2 Å². The summed E-state index contributed by atoms with van der Waals surface area (Å²) >= 11 is 2.03. The van der Waals surface area contributed by atoms with E-state index in [9.17, 15) is 24.0 Å². The van der Waals surface area contributed by atoms with Crippen LogP contribution in [0.5, 0.6) is 0 Å². The number of nitrogens with one attached hydrogen (secondary N) is 5. The van der Waals surface area contributed by atoms with Crippen LogP contribution in [0.3, 0.4) is 0 Å². The van der Waals surface area contributed by atoms with Crippen LogP contribution in [0.4, 0.5) is 0 Å². The molecule has 0 radical (unpaired) electrons. The van der Waals surface area contributed by atoms with Crippen molar-refractivity contribution in [1.82, 2.24) is 76.0 Å². The molecule has 2 aliphatic carbocycles. The molecule has 8 unspecified atom stereocenters. The Labute approximate surface area is 592 Å². The maximum Gasteiger partial charge on any atom is 0.247 e. The lowest BCUT2D eigenvalue weighted by Crippen LogP contribution is -2.46. The molecule has 3 saturated heterocycles. The molecule has 0 spiro atoms. The van der Waals surface area contributed by atoms with Crippen LogP contribution in [0.2, 0.25) is 0 Å². The molecular formula is C72H109N15O12S. The topological polar surface area (TPSA) is 310 Å². The van der Waals surface area contributed by atoms with E-state index in [1.165, 1.54) is 140 Å². The van der Waals surface area contributed by atoms with Crippen molar-refractivity contribution in [3.63, 3.8) is 0 Å². The summed E-state index contributed by atoms with van der Waals surface area (Å²) in [5.74, 6) is 6.44. The van der Waals surface area contributed by atoms with Gasteiger partial charge in [0.2, 0.25) is 29.5 Å². The number of nitrogens with zero attached hydrogens (tertiary/aromatic N) is 10. The first-order chi connectivity index (χ1) is 49.0. The minimum Gasteiger partial charge on any atom is -0.446 e. The van der Waals surface area contributed by atoms with E-state index in [0.717, 1.165) is 132 Å². The molecule has 5 aromatic heterocycles. The molecule has 550 valence electrons. The van der Waals surface area contributed by atoms with Crippen LogP contribution in [0.15, 0.2) is 54.1 Å². The summed E-state index contributed by atoms with van der Waals surface area (Å²) in [4.78, 5) is 94.2. The number of amides is 5. The van der Waals surface area contributed by atoms with Crippen LogP contribution in [-0.4, -0.2) is 216 Å². The van der Waals surface area contributed by atoms with Gasteiger partial charge in [-0.15, -0.1) is 0 Å². The van der Waals surface area contributed by atoms with E-state index in [2.05, 4.69) is 51.5 Å². The lowest BCUT2D eigenvalue weighted by molar-refractivity contribution is -0.139. The summed E-state index contributed by atoms with van der Waals surface area (Å²) in [5.41, 5.74) is 4.51. The van der Waals surface area contributed by atoms with Crippen LogP contribution >= 0.6 is 11.8 Å². The van der Waals surface area contributed by atoms with E-state index in [4.69, 9.17) is 31.6 Å². The standard InChI is InChI=1S/C16H25N3O2.C15H23N3O2S.C15H23N3O2.C14H21N3O3.C12H17N3O3/c1-17-14-15-13(18-11-21-15)8-9-19(16(14)20)10-12-6-4-2-3-5-7-12;1-16-13-14-12(17-10-20-14)6-7-18(15(13)19)9-11-5-3-2-4-8-21-11;1-16-13-14-12(17-10-20-14)7-8-18(15(13)19)9-11-5-3-2-4-6-11;1-15-12-13-11(16-9-20-13)5-6-17(14(12)18)8-10-4-2-3-7-19-10;1-13-10-11-9(14-7-18-11)2-4-15(12(10)16)6-8-3-5-17-8/h11-12,14,17H,2-10H2,1H3;10-11,13,16H,2-9H2,1H3;10-11,13,16H,2-9H2,1H3;9-10,12,15H,2-8H2,1H3;7-8,10,13H,2-6H2,1H3. The van der Waals surface area contributed by atoms with Gasteiger partial charge in [-0.1, -0.05) is 57.8 Å². The van der Waals surface area contributed by atoms with Crippen LogP contribution in [0.1, 0.15) is 209 Å². The molecule has 15 rings (SSSR count). The molecule has 28 heteroatoms. The molecular weight excluding hydrogens is 1300 g/mol. The fraction of sp³-hybridized carbons (Fsp3) is 0.722. The number of oxazole rings is 5. The number of ether oxygens (including phenoxy) is 2. The van der Waals surface area contributed by atoms with E-state index in [1.807, 2.05) is 43.3 Å². The second-order valence-corrected chi connectivity index (χ2v) is 29.5. The third kappa shape index (κ3) is 19.0. The van der Waals surface area contributed by atoms with E-state index in [0.29, 0.717) is 72.1 Å². The predicted octanol–water partition coefficient (Wildman–Crippen LogP) is 7.18. The number of hydrogen-bond acceptors (Lipinski definition) is 23. The first kappa shape index (κ1) is 74.7. The van der Waals surface area contributed by atoms with Crippen molar-refractivity contribution in [3.8, 4) is 0 Å². The lowest BCUT2D eigenvalue weighted by Gasteiger charge is -2.33. The predicted molar refractivity (Wildman–Crippen MR) is 373 cm³/mol. The monoisotopic (exact) mass is 1410 g/mol. The Morgan fingerprint density at radius 3 is 0.960 bits per heavy atom. The average Bonchev–Trinajstić information content (AvgIpc) is 1.70. The van der Waals surface area contributed by atoms with Crippen molar-refractivity contribution in [1.29, 1.82) is 0 Å². The van der Waals surface area contributed by atoms with Gasteiger partial charge >= 0.3 is 0 Å². The molecule has 5 aromatic rings. The number of carbonyl (C=O) groups is 5. The minimum absolute atomic E-state index is 0.0449. The van der Waals surface area contributed by atoms with Gasteiger partial charge in [0, 0.05) is 116 Å². The molecule has 0 aromatic carbocycles. The third-order valence-corrected chi connectivity index (χ3v) is 22.9. The van der Waals surface area contributed by atoms with Crippen LogP contribution in [0.25, 0.3) is 0 Å². The maximum absolute atomic E-state index is 12.8. The normalized spacial score (nSPS) is 26.2. The summed E-state index contributed by atoms with van der Waals surface area (Å²) in [6.45, 7) is 9.20. The van der Waals surface area contributed by atoms with E-state index < -0.39 is 12.1 Å². The number of fused-ring (bicyclic) bond motifs is 5. The third-order valence-electron chi connectivity index (χ3n) is 21.5. The van der Waals surface area contributed by atoms with Crippen molar-refractivity contribution in [2.45, 2.75) is 202 Å². The molecule has 10 aliphatic rings. The molecule has 13 heterocycles. The second kappa shape index (κ2) is 37.6. The van der Waals surface area contributed by atoms with Gasteiger partial charge < -0.3 is 82.6 Å².